The summed E-state index contributed by atoms with van der Waals surface area (Å²) >= 11 is 0. The van der Waals surface area contributed by atoms with Crippen LogP contribution in [0.2, 0.25) is 0 Å². The van der Waals surface area contributed by atoms with Gasteiger partial charge in [-0.25, -0.2) is 0 Å². The molecule has 2 aromatic carbocycles. The second kappa shape index (κ2) is 4.78. The Morgan fingerprint density at radius 1 is 0.941 bits per heavy atom. The first-order valence-corrected chi connectivity index (χ1v) is 5.23. The number of hydrogen-bond donors (Lipinski definition) is 1. The summed E-state index contributed by atoms with van der Waals surface area (Å²) in [5.41, 5.74) is 8.28. The first-order valence-electron chi connectivity index (χ1n) is 5.23. The summed E-state index contributed by atoms with van der Waals surface area (Å²) in [4.78, 5) is 0. The number of rotatable bonds is 3. The maximum atomic E-state index is 5.61. The SMILES string of the molecule is COc1cc(OC)cc(-c2c[c]c(N)cc2)c1. The number of hydrogen-bond acceptors (Lipinski definition) is 3. The fourth-order valence-electron chi connectivity index (χ4n) is 1.59. The number of methoxy groups -OCH3 is 2. The van der Waals surface area contributed by atoms with Crippen LogP contribution in [0.4, 0.5) is 5.69 Å². The van der Waals surface area contributed by atoms with Crippen LogP contribution in [0.15, 0.2) is 36.4 Å². The summed E-state index contributed by atoms with van der Waals surface area (Å²) in [5, 5.41) is 0. The van der Waals surface area contributed by atoms with Crippen LogP contribution in [0, 0.1) is 6.07 Å². The Morgan fingerprint density at radius 3 is 2.06 bits per heavy atom. The van der Waals surface area contributed by atoms with E-state index in [4.69, 9.17) is 15.2 Å². The van der Waals surface area contributed by atoms with Gasteiger partial charge in [-0.15, -0.1) is 0 Å². The molecule has 0 heterocycles. The molecule has 2 rings (SSSR count). The first kappa shape index (κ1) is 11.3. The predicted octanol–water partition coefficient (Wildman–Crippen LogP) is 2.75. The Hall–Kier alpha value is -2.16. The minimum Gasteiger partial charge on any atom is -0.497 e. The first-order chi connectivity index (χ1) is 8.22. The van der Waals surface area contributed by atoms with Gasteiger partial charge in [-0.1, -0.05) is 6.07 Å². The van der Waals surface area contributed by atoms with Crippen LogP contribution >= 0.6 is 0 Å². The molecule has 0 unspecified atom stereocenters. The molecule has 87 valence electrons. The van der Waals surface area contributed by atoms with Crippen molar-refractivity contribution in [2.45, 2.75) is 0 Å². The second-order valence-electron chi connectivity index (χ2n) is 3.63. The summed E-state index contributed by atoms with van der Waals surface area (Å²) in [6.07, 6.45) is 0. The number of anilines is 1. The van der Waals surface area contributed by atoms with E-state index in [9.17, 15) is 0 Å². The van der Waals surface area contributed by atoms with Crippen LogP contribution in [0.3, 0.4) is 0 Å². The quantitative estimate of drug-likeness (QED) is 0.821. The molecule has 3 nitrogen and oxygen atoms in total. The molecule has 0 aliphatic heterocycles. The average molecular weight is 228 g/mol. The lowest BCUT2D eigenvalue weighted by Gasteiger charge is -2.08. The van der Waals surface area contributed by atoms with Crippen molar-refractivity contribution in [1.29, 1.82) is 0 Å². The van der Waals surface area contributed by atoms with Gasteiger partial charge < -0.3 is 15.2 Å². The highest BCUT2D eigenvalue weighted by atomic mass is 16.5. The molecule has 3 heteroatoms. The van der Waals surface area contributed by atoms with Crippen molar-refractivity contribution in [2.75, 3.05) is 20.0 Å². The van der Waals surface area contributed by atoms with E-state index in [-0.39, 0.29) is 0 Å². The largest absolute Gasteiger partial charge is 0.497 e. The summed E-state index contributed by atoms with van der Waals surface area (Å²) in [6.45, 7) is 0. The van der Waals surface area contributed by atoms with Gasteiger partial charge in [-0.05, 0) is 35.4 Å². The minimum absolute atomic E-state index is 0.628. The van der Waals surface area contributed by atoms with Crippen LogP contribution in [0.5, 0.6) is 11.5 Å². The van der Waals surface area contributed by atoms with Crippen molar-refractivity contribution >= 4 is 5.69 Å². The second-order valence-corrected chi connectivity index (χ2v) is 3.63. The zero-order valence-corrected chi connectivity index (χ0v) is 9.86. The van der Waals surface area contributed by atoms with Gasteiger partial charge in [0.15, 0.2) is 0 Å². The van der Waals surface area contributed by atoms with Crippen LogP contribution in [0.1, 0.15) is 0 Å². The Labute approximate surface area is 101 Å². The number of nitrogen functional groups attached to an aromatic ring is 1. The lowest BCUT2D eigenvalue weighted by atomic mass is 10.0. The molecule has 0 fully saturated rings. The van der Waals surface area contributed by atoms with Gasteiger partial charge in [0.2, 0.25) is 0 Å². The third-order valence-electron chi connectivity index (χ3n) is 2.52. The molecule has 0 aliphatic carbocycles. The van der Waals surface area contributed by atoms with Crippen molar-refractivity contribution in [1.82, 2.24) is 0 Å². The molecule has 0 amide bonds. The zero-order chi connectivity index (χ0) is 12.3. The van der Waals surface area contributed by atoms with Gasteiger partial charge in [0.05, 0.1) is 14.2 Å². The van der Waals surface area contributed by atoms with E-state index in [1.165, 1.54) is 0 Å². The minimum atomic E-state index is 0.628. The zero-order valence-electron chi connectivity index (χ0n) is 9.86. The van der Waals surface area contributed by atoms with Gasteiger partial charge in [0, 0.05) is 17.8 Å². The van der Waals surface area contributed by atoms with E-state index in [1.54, 1.807) is 14.2 Å². The monoisotopic (exact) mass is 228 g/mol. The molecule has 0 atom stereocenters. The molecule has 2 aromatic rings. The lowest BCUT2D eigenvalue weighted by Crippen LogP contribution is -1.89. The Kier molecular flexibility index (Phi) is 3.19. The molecule has 0 spiro atoms. The summed E-state index contributed by atoms with van der Waals surface area (Å²) < 4.78 is 10.5. The molecule has 0 saturated heterocycles. The summed E-state index contributed by atoms with van der Waals surface area (Å²) in [5.74, 6) is 1.52. The number of nitrogens with two attached hydrogens (primary N) is 1. The van der Waals surface area contributed by atoms with Crippen molar-refractivity contribution in [3.63, 3.8) is 0 Å². The number of benzene rings is 2. The maximum Gasteiger partial charge on any atom is 0.123 e. The van der Waals surface area contributed by atoms with Gasteiger partial charge in [-0.2, -0.15) is 0 Å². The van der Waals surface area contributed by atoms with Crippen molar-refractivity contribution in [3.05, 3.63) is 42.5 Å². The normalized spacial score (nSPS) is 10.0. The summed E-state index contributed by atoms with van der Waals surface area (Å²) in [6, 6.07) is 14.3. The van der Waals surface area contributed by atoms with Crippen LogP contribution < -0.4 is 15.2 Å². The van der Waals surface area contributed by atoms with E-state index in [1.807, 2.05) is 36.4 Å². The number of ether oxygens (including phenoxy) is 2. The highest BCUT2D eigenvalue weighted by molar-refractivity contribution is 5.68. The third-order valence-corrected chi connectivity index (χ3v) is 2.52. The summed E-state index contributed by atoms with van der Waals surface area (Å²) in [7, 11) is 3.27. The van der Waals surface area contributed by atoms with Crippen molar-refractivity contribution < 1.29 is 9.47 Å². The molecule has 0 bridgehead atoms. The van der Waals surface area contributed by atoms with E-state index >= 15 is 0 Å². The van der Waals surface area contributed by atoms with E-state index in [0.717, 1.165) is 22.6 Å². The Bertz CT molecular complexity index is 484. The average Bonchev–Trinajstić information content (AvgIpc) is 2.39. The van der Waals surface area contributed by atoms with Crippen LogP contribution in [-0.4, -0.2) is 14.2 Å². The van der Waals surface area contributed by atoms with E-state index < -0.39 is 0 Å². The Morgan fingerprint density at radius 2 is 1.59 bits per heavy atom. The smallest absolute Gasteiger partial charge is 0.123 e. The third kappa shape index (κ3) is 2.50. The fourth-order valence-corrected chi connectivity index (χ4v) is 1.59. The molecule has 0 aromatic heterocycles. The van der Waals surface area contributed by atoms with Gasteiger partial charge in [0.1, 0.15) is 11.5 Å². The molecular weight excluding hydrogens is 214 g/mol. The standard InChI is InChI=1S/C14H14NO2/c1-16-13-7-11(8-14(9-13)17-2)10-3-5-12(15)6-4-10/h3-5,7-9H,15H2,1-2H3. The van der Waals surface area contributed by atoms with Gasteiger partial charge >= 0.3 is 0 Å². The maximum absolute atomic E-state index is 5.61. The van der Waals surface area contributed by atoms with Crippen molar-refractivity contribution in [2.24, 2.45) is 0 Å². The molecular formula is C14H14NO2. The predicted molar refractivity (Wildman–Crippen MR) is 68.2 cm³/mol. The molecule has 17 heavy (non-hydrogen) atoms. The van der Waals surface area contributed by atoms with Crippen LogP contribution in [-0.2, 0) is 0 Å². The molecule has 0 saturated carbocycles. The van der Waals surface area contributed by atoms with Crippen molar-refractivity contribution in [3.8, 4) is 22.6 Å². The van der Waals surface area contributed by atoms with Crippen LogP contribution in [0.25, 0.3) is 11.1 Å². The topological polar surface area (TPSA) is 44.5 Å². The molecule has 1 radical (unpaired) electrons. The lowest BCUT2D eigenvalue weighted by molar-refractivity contribution is 0.394. The molecule has 2 N–H and O–H groups in total. The Balaban J connectivity index is 2.46. The highest BCUT2D eigenvalue weighted by Crippen LogP contribution is 2.29. The molecule has 0 aliphatic rings. The fraction of sp³-hybridized carbons (Fsp3) is 0.143. The van der Waals surface area contributed by atoms with Gasteiger partial charge in [-0.3, -0.25) is 0 Å². The van der Waals surface area contributed by atoms with E-state index in [2.05, 4.69) is 6.07 Å². The van der Waals surface area contributed by atoms with E-state index in [0.29, 0.717) is 5.69 Å². The van der Waals surface area contributed by atoms with Gasteiger partial charge in [0.25, 0.3) is 0 Å². The highest BCUT2D eigenvalue weighted by Gasteiger charge is 2.04.